The third-order valence-corrected chi connectivity index (χ3v) is 3.02. The van der Waals surface area contributed by atoms with E-state index in [1.807, 2.05) is 30.3 Å². The molecule has 0 aliphatic heterocycles. The quantitative estimate of drug-likeness (QED) is 0.762. The first kappa shape index (κ1) is 16.3. The molecule has 1 heterocycles. The van der Waals surface area contributed by atoms with E-state index in [-0.39, 0.29) is 6.61 Å². The third-order valence-electron chi connectivity index (χ3n) is 3.02. The largest absolute Gasteiger partial charge is 0.479 e. The molecule has 2 rings (SSSR count). The van der Waals surface area contributed by atoms with Gasteiger partial charge in [0.1, 0.15) is 6.61 Å². The maximum absolute atomic E-state index is 11.5. The highest BCUT2D eigenvalue weighted by molar-refractivity contribution is 5.81. The maximum atomic E-state index is 11.5. The van der Waals surface area contributed by atoms with Crippen molar-refractivity contribution in [1.29, 1.82) is 0 Å². The summed E-state index contributed by atoms with van der Waals surface area (Å²) in [7, 11) is 0. The molecule has 0 bridgehead atoms. The van der Waals surface area contributed by atoms with Crippen molar-refractivity contribution in [2.24, 2.45) is 0 Å². The third kappa shape index (κ3) is 4.70. The van der Waals surface area contributed by atoms with Crippen LogP contribution in [0.15, 0.2) is 55.4 Å². The smallest absolute Gasteiger partial charge is 0.408 e. The maximum Gasteiger partial charge on any atom is 0.408 e. The van der Waals surface area contributed by atoms with Crippen molar-refractivity contribution in [3.63, 3.8) is 0 Å². The summed E-state index contributed by atoms with van der Waals surface area (Å²) in [6, 6.07) is 8.41. The van der Waals surface area contributed by atoms with E-state index in [4.69, 9.17) is 4.74 Å². The number of carboxylic acids is 1. The Labute approximate surface area is 133 Å². The van der Waals surface area contributed by atoms with Crippen LogP contribution < -0.4 is 5.32 Å². The van der Waals surface area contributed by atoms with Gasteiger partial charge < -0.3 is 15.2 Å². The van der Waals surface area contributed by atoms with Crippen LogP contribution >= 0.6 is 0 Å². The van der Waals surface area contributed by atoms with Gasteiger partial charge in [0.25, 0.3) is 0 Å². The molecule has 0 aliphatic carbocycles. The predicted octanol–water partition coefficient (Wildman–Crippen LogP) is 1.97. The number of carbonyl (C=O) groups is 2. The highest BCUT2D eigenvalue weighted by Crippen LogP contribution is 2.13. The number of hydrogen-bond donors (Lipinski definition) is 2. The van der Waals surface area contributed by atoms with Crippen molar-refractivity contribution < 1.29 is 19.4 Å². The summed E-state index contributed by atoms with van der Waals surface area (Å²) in [6.07, 6.45) is 3.57. The van der Waals surface area contributed by atoms with Gasteiger partial charge in [-0.1, -0.05) is 43.0 Å². The number of benzene rings is 1. The van der Waals surface area contributed by atoms with E-state index in [1.54, 1.807) is 10.9 Å². The van der Waals surface area contributed by atoms with E-state index in [2.05, 4.69) is 17.0 Å². The number of rotatable bonds is 7. The summed E-state index contributed by atoms with van der Waals surface area (Å²) in [6.45, 7) is 3.93. The highest BCUT2D eigenvalue weighted by Gasteiger charge is 2.24. The SMILES string of the molecule is C=CCOC(=O)NC(C(=O)O)c1cnn(Cc2ccccc2)c1. The van der Waals surface area contributed by atoms with Crippen LogP contribution in [0.4, 0.5) is 4.79 Å². The number of aliphatic carboxylic acids is 1. The monoisotopic (exact) mass is 315 g/mol. The molecular weight excluding hydrogens is 298 g/mol. The van der Waals surface area contributed by atoms with Crippen LogP contribution in [-0.2, 0) is 16.1 Å². The van der Waals surface area contributed by atoms with Crippen LogP contribution in [-0.4, -0.2) is 33.6 Å². The Morgan fingerprint density at radius 2 is 2.13 bits per heavy atom. The molecule has 0 saturated carbocycles. The molecule has 1 atom stereocenters. The van der Waals surface area contributed by atoms with Crippen molar-refractivity contribution in [2.75, 3.05) is 6.61 Å². The van der Waals surface area contributed by atoms with Gasteiger partial charge in [0.15, 0.2) is 6.04 Å². The van der Waals surface area contributed by atoms with Crippen molar-refractivity contribution in [3.8, 4) is 0 Å². The zero-order chi connectivity index (χ0) is 16.7. The van der Waals surface area contributed by atoms with Crippen LogP contribution in [0.3, 0.4) is 0 Å². The molecule has 120 valence electrons. The number of alkyl carbamates (subject to hydrolysis) is 1. The lowest BCUT2D eigenvalue weighted by Crippen LogP contribution is -2.34. The second kappa shape index (κ2) is 7.79. The number of aromatic nitrogens is 2. The molecule has 0 spiro atoms. The Bertz CT molecular complexity index is 682. The summed E-state index contributed by atoms with van der Waals surface area (Å²) in [4.78, 5) is 22.9. The van der Waals surface area contributed by atoms with Crippen LogP contribution in [0, 0.1) is 0 Å². The van der Waals surface area contributed by atoms with Gasteiger partial charge in [0.2, 0.25) is 0 Å². The summed E-state index contributed by atoms with van der Waals surface area (Å²) < 4.78 is 6.35. The van der Waals surface area contributed by atoms with E-state index in [1.165, 1.54) is 12.3 Å². The van der Waals surface area contributed by atoms with Gasteiger partial charge in [0, 0.05) is 11.8 Å². The fourth-order valence-corrected chi connectivity index (χ4v) is 1.97. The molecule has 1 unspecified atom stereocenters. The van der Waals surface area contributed by atoms with Gasteiger partial charge >= 0.3 is 12.1 Å². The van der Waals surface area contributed by atoms with Crippen molar-refractivity contribution >= 4 is 12.1 Å². The minimum absolute atomic E-state index is 0.00540. The average molecular weight is 315 g/mol. The topological polar surface area (TPSA) is 93.4 Å². The fourth-order valence-electron chi connectivity index (χ4n) is 1.97. The highest BCUT2D eigenvalue weighted by atomic mass is 16.5. The van der Waals surface area contributed by atoms with E-state index < -0.39 is 18.1 Å². The lowest BCUT2D eigenvalue weighted by Gasteiger charge is -2.12. The minimum Gasteiger partial charge on any atom is -0.479 e. The second-order valence-corrected chi connectivity index (χ2v) is 4.76. The molecule has 7 heteroatoms. The average Bonchev–Trinajstić information content (AvgIpc) is 2.99. The van der Waals surface area contributed by atoms with Crippen molar-refractivity contribution in [2.45, 2.75) is 12.6 Å². The Kier molecular flexibility index (Phi) is 5.51. The molecule has 1 aromatic heterocycles. The van der Waals surface area contributed by atoms with Gasteiger partial charge in [-0.05, 0) is 5.56 Å². The molecule has 7 nitrogen and oxygen atoms in total. The van der Waals surface area contributed by atoms with Crippen LogP contribution in [0.5, 0.6) is 0 Å². The second-order valence-electron chi connectivity index (χ2n) is 4.76. The Morgan fingerprint density at radius 1 is 1.39 bits per heavy atom. The molecule has 23 heavy (non-hydrogen) atoms. The van der Waals surface area contributed by atoms with E-state index >= 15 is 0 Å². The van der Waals surface area contributed by atoms with E-state index in [0.717, 1.165) is 5.56 Å². The van der Waals surface area contributed by atoms with Crippen molar-refractivity contribution in [3.05, 3.63) is 66.5 Å². The van der Waals surface area contributed by atoms with Gasteiger partial charge in [-0.2, -0.15) is 5.10 Å². The number of nitrogens with zero attached hydrogens (tertiary/aromatic N) is 2. The molecule has 0 aliphatic rings. The molecule has 1 aromatic carbocycles. The Morgan fingerprint density at radius 3 is 2.78 bits per heavy atom. The van der Waals surface area contributed by atoms with Gasteiger partial charge in [-0.25, -0.2) is 9.59 Å². The predicted molar refractivity (Wildman–Crippen MR) is 82.8 cm³/mol. The van der Waals surface area contributed by atoms with E-state index in [0.29, 0.717) is 12.1 Å². The molecule has 0 radical (unpaired) electrons. The summed E-state index contributed by atoms with van der Waals surface area (Å²) >= 11 is 0. The first-order valence-electron chi connectivity index (χ1n) is 6.93. The summed E-state index contributed by atoms with van der Waals surface area (Å²) in [5.41, 5.74) is 1.40. The first-order chi connectivity index (χ1) is 11.1. The van der Waals surface area contributed by atoms with Gasteiger partial charge in [-0.3, -0.25) is 4.68 Å². The van der Waals surface area contributed by atoms with Crippen molar-refractivity contribution in [1.82, 2.24) is 15.1 Å². The number of hydrogen-bond acceptors (Lipinski definition) is 4. The molecule has 0 fully saturated rings. The molecular formula is C16H17N3O4. The van der Waals surface area contributed by atoms with Gasteiger partial charge in [0.05, 0.1) is 12.7 Å². The summed E-state index contributed by atoms with van der Waals surface area (Å²) in [5, 5.41) is 15.7. The number of ether oxygens (including phenoxy) is 1. The number of carboxylic acid groups (broad SMARTS) is 1. The number of nitrogens with one attached hydrogen (secondary N) is 1. The zero-order valence-corrected chi connectivity index (χ0v) is 12.4. The Hall–Kier alpha value is -3.09. The standard InChI is InChI=1S/C16H17N3O4/c1-2-8-23-16(22)18-14(15(20)21)13-9-17-19(11-13)10-12-6-4-3-5-7-12/h2-7,9,11,14H,1,8,10H2,(H,18,22)(H,20,21). The van der Waals surface area contributed by atoms with Crippen LogP contribution in [0.25, 0.3) is 0 Å². The lowest BCUT2D eigenvalue weighted by atomic mass is 10.1. The van der Waals surface area contributed by atoms with Crippen LogP contribution in [0.1, 0.15) is 17.2 Å². The molecule has 1 amide bonds. The Balaban J connectivity index is 2.07. The molecule has 2 N–H and O–H groups in total. The van der Waals surface area contributed by atoms with E-state index in [9.17, 15) is 14.7 Å². The first-order valence-corrected chi connectivity index (χ1v) is 6.93. The molecule has 0 saturated heterocycles. The number of carbonyl (C=O) groups excluding carboxylic acids is 1. The van der Waals surface area contributed by atoms with Gasteiger partial charge in [-0.15, -0.1) is 0 Å². The zero-order valence-electron chi connectivity index (χ0n) is 12.4. The molecule has 2 aromatic rings. The lowest BCUT2D eigenvalue weighted by molar-refractivity contribution is -0.139. The normalized spacial score (nSPS) is 11.5. The summed E-state index contributed by atoms with van der Waals surface area (Å²) in [5.74, 6) is -1.19. The van der Waals surface area contributed by atoms with Crippen LogP contribution in [0.2, 0.25) is 0 Å². The fraction of sp³-hybridized carbons (Fsp3) is 0.188. The number of amides is 1. The minimum atomic E-state index is -1.23.